The first-order valence-electron chi connectivity index (χ1n) is 9.82. The highest BCUT2D eigenvalue weighted by Crippen LogP contribution is 2.30. The molecule has 1 amide bonds. The Balaban J connectivity index is 1.19. The molecule has 2 saturated heterocycles. The van der Waals surface area contributed by atoms with E-state index in [9.17, 15) is 4.79 Å². The van der Waals surface area contributed by atoms with Gasteiger partial charge in [0.05, 0.1) is 5.69 Å². The van der Waals surface area contributed by atoms with Crippen LogP contribution in [-0.2, 0) is 4.79 Å². The fraction of sp³-hybridized carbons (Fsp3) is 0.650. The van der Waals surface area contributed by atoms with Gasteiger partial charge in [-0.25, -0.2) is 0 Å². The molecule has 2 fully saturated rings. The number of rotatable bonds is 5. The lowest BCUT2D eigenvalue weighted by Gasteiger charge is -2.44. The summed E-state index contributed by atoms with van der Waals surface area (Å²) in [6.45, 7) is 6.11. The maximum absolute atomic E-state index is 12.2. The van der Waals surface area contributed by atoms with Gasteiger partial charge < -0.3 is 15.0 Å². The minimum atomic E-state index is -0.343. The minimum Gasteiger partial charge on any atom is -0.478 e. The fourth-order valence-electron chi connectivity index (χ4n) is 4.37. The number of carbonyl (C=O) groups excluding carboxylic acids is 1. The summed E-state index contributed by atoms with van der Waals surface area (Å²) in [7, 11) is 0. The number of amides is 1. The first-order chi connectivity index (χ1) is 12.3. The Kier molecular flexibility index (Phi) is 5.22. The third-order valence-corrected chi connectivity index (χ3v) is 5.82. The number of piperidine rings is 1. The Morgan fingerprint density at radius 2 is 2.04 bits per heavy atom. The Labute approximate surface area is 150 Å². The third kappa shape index (κ3) is 3.98. The van der Waals surface area contributed by atoms with Gasteiger partial charge in [-0.3, -0.25) is 9.69 Å². The van der Waals surface area contributed by atoms with E-state index in [4.69, 9.17) is 4.74 Å². The third-order valence-electron chi connectivity index (χ3n) is 5.82. The summed E-state index contributed by atoms with van der Waals surface area (Å²) in [6.07, 6.45) is 6.76. The lowest BCUT2D eigenvalue weighted by atomic mass is 9.99. The number of nitrogens with zero attached hydrogens (tertiary/aromatic N) is 2. The number of piperazine rings is 1. The number of hydrogen-bond acceptors (Lipinski definition) is 4. The molecule has 3 aliphatic heterocycles. The molecule has 136 valence electrons. The minimum absolute atomic E-state index is 0.00507. The van der Waals surface area contributed by atoms with Crippen LogP contribution in [0, 0.1) is 0 Å². The van der Waals surface area contributed by atoms with E-state index >= 15 is 0 Å². The van der Waals surface area contributed by atoms with Gasteiger partial charge in [0.2, 0.25) is 0 Å². The van der Waals surface area contributed by atoms with E-state index in [0.717, 1.165) is 43.3 Å². The molecule has 25 heavy (non-hydrogen) atoms. The summed E-state index contributed by atoms with van der Waals surface area (Å²) in [5.41, 5.74) is 0.786. The molecule has 5 heteroatoms. The number of para-hydroxylation sites is 2. The smallest absolute Gasteiger partial charge is 0.265 e. The maximum Gasteiger partial charge on any atom is 0.265 e. The number of carbonyl (C=O) groups is 1. The van der Waals surface area contributed by atoms with E-state index in [0.29, 0.717) is 0 Å². The van der Waals surface area contributed by atoms with Crippen LogP contribution in [0.25, 0.3) is 0 Å². The van der Waals surface area contributed by atoms with Crippen LogP contribution in [-0.4, -0.2) is 60.6 Å². The lowest BCUT2D eigenvalue weighted by molar-refractivity contribution is -0.123. The quantitative estimate of drug-likeness (QED) is 0.835. The summed E-state index contributed by atoms with van der Waals surface area (Å²) < 4.78 is 5.87. The largest absolute Gasteiger partial charge is 0.478 e. The van der Waals surface area contributed by atoms with Gasteiger partial charge in [0.1, 0.15) is 5.75 Å². The van der Waals surface area contributed by atoms with Gasteiger partial charge in [0.15, 0.2) is 6.10 Å². The molecular weight excluding hydrogens is 314 g/mol. The van der Waals surface area contributed by atoms with Gasteiger partial charge in [-0.15, -0.1) is 0 Å². The Morgan fingerprint density at radius 1 is 1.12 bits per heavy atom. The lowest BCUT2D eigenvalue weighted by Crippen LogP contribution is -2.54. The molecule has 1 aromatic rings. The number of fused-ring (bicyclic) bond motifs is 2. The van der Waals surface area contributed by atoms with Crippen molar-refractivity contribution in [2.75, 3.05) is 38.0 Å². The summed E-state index contributed by atoms with van der Waals surface area (Å²) in [4.78, 5) is 17.5. The molecule has 2 atom stereocenters. The molecule has 0 spiro atoms. The number of hydrogen-bond donors (Lipinski definition) is 1. The zero-order valence-corrected chi connectivity index (χ0v) is 15.0. The van der Waals surface area contributed by atoms with Crippen LogP contribution in [0.3, 0.4) is 0 Å². The van der Waals surface area contributed by atoms with E-state index in [1.54, 1.807) is 0 Å². The van der Waals surface area contributed by atoms with Crippen molar-refractivity contribution in [3.8, 4) is 5.75 Å². The highest BCUT2D eigenvalue weighted by Gasteiger charge is 2.29. The van der Waals surface area contributed by atoms with E-state index in [1.807, 2.05) is 24.3 Å². The topological polar surface area (TPSA) is 44.8 Å². The molecule has 0 bridgehead atoms. The van der Waals surface area contributed by atoms with Crippen LogP contribution in [0.4, 0.5) is 5.69 Å². The van der Waals surface area contributed by atoms with Crippen LogP contribution >= 0.6 is 0 Å². The van der Waals surface area contributed by atoms with E-state index < -0.39 is 0 Å². The molecule has 2 unspecified atom stereocenters. The van der Waals surface area contributed by atoms with Gasteiger partial charge in [-0.05, 0) is 57.3 Å². The average molecular weight is 343 g/mol. The summed E-state index contributed by atoms with van der Waals surface area (Å²) in [6, 6.07) is 8.44. The maximum atomic E-state index is 12.2. The highest BCUT2D eigenvalue weighted by atomic mass is 16.5. The van der Waals surface area contributed by atoms with Crippen molar-refractivity contribution in [2.24, 2.45) is 0 Å². The monoisotopic (exact) mass is 343 g/mol. The molecular formula is C20H29N3O2. The molecule has 0 radical (unpaired) electrons. The SMILES string of the molecule is O=C1Nc2ccccc2OC1CCCCN1CCN2CCCCC2C1. The van der Waals surface area contributed by atoms with Crippen LogP contribution in [0.1, 0.15) is 38.5 Å². The van der Waals surface area contributed by atoms with E-state index in [2.05, 4.69) is 15.1 Å². The Morgan fingerprint density at radius 3 is 3.00 bits per heavy atom. The number of nitrogens with one attached hydrogen (secondary N) is 1. The zero-order chi connectivity index (χ0) is 17.1. The molecule has 3 heterocycles. The second-order valence-corrected chi connectivity index (χ2v) is 7.57. The Hall–Kier alpha value is -1.59. The number of anilines is 1. The van der Waals surface area contributed by atoms with Crippen LogP contribution in [0.2, 0.25) is 0 Å². The van der Waals surface area contributed by atoms with Gasteiger partial charge in [0, 0.05) is 25.7 Å². The predicted molar refractivity (Wildman–Crippen MR) is 99.0 cm³/mol. The number of benzene rings is 1. The van der Waals surface area contributed by atoms with Crippen LogP contribution < -0.4 is 10.1 Å². The van der Waals surface area contributed by atoms with Gasteiger partial charge in [-0.1, -0.05) is 18.6 Å². The summed E-state index contributed by atoms with van der Waals surface area (Å²) in [5, 5.41) is 2.95. The first-order valence-corrected chi connectivity index (χ1v) is 9.82. The average Bonchev–Trinajstić information content (AvgIpc) is 2.65. The van der Waals surface area contributed by atoms with Crippen molar-refractivity contribution in [1.82, 2.24) is 9.80 Å². The molecule has 5 nitrogen and oxygen atoms in total. The van der Waals surface area contributed by atoms with Crippen molar-refractivity contribution >= 4 is 11.6 Å². The normalized spacial score (nSPS) is 27.1. The van der Waals surface area contributed by atoms with Gasteiger partial charge in [-0.2, -0.15) is 0 Å². The number of ether oxygens (including phenoxy) is 1. The van der Waals surface area contributed by atoms with Crippen LogP contribution in [0.15, 0.2) is 24.3 Å². The standard InChI is InChI=1S/C20H29N3O2/c24-20-19(25-18-9-2-1-8-17(18)21-20)10-4-5-11-22-13-14-23-12-6-3-7-16(23)15-22/h1-2,8-9,16,19H,3-7,10-15H2,(H,21,24). The second kappa shape index (κ2) is 7.75. The van der Waals surface area contributed by atoms with Crippen LogP contribution in [0.5, 0.6) is 5.75 Å². The van der Waals surface area contributed by atoms with E-state index in [1.165, 1.54) is 45.4 Å². The highest BCUT2D eigenvalue weighted by molar-refractivity contribution is 5.97. The van der Waals surface area contributed by atoms with Gasteiger partial charge in [0.25, 0.3) is 5.91 Å². The number of unbranched alkanes of at least 4 members (excludes halogenated alkanes) is 1. The molecule has 3 aliphatic rings. The van der Waals surface area contributed by atoms with Gasteiger partial charge >= 0.3 is 0 Å². The molecule has 0 aliphatic carbocycles. The van der Waals surface area contributed by atoms with Crippen molar-refractivity contribution < 1.29 is 9.53 Å². The zero-order valence-electron chi connectivity index (χ0n) is 15.0. The molecule has 4 rings (SSSR count). The molecule has 0 saturated carbocycles. The summed E-state index contributed by atoms with van der Waals surface area (Å²) >= 11 is 0. The molecule has 1 aromatic carbocycles. The summed E-state index contributed by atoms with van der Waals surface area (Å²) in [5.74, 6) is 0.787. The molecule has 1 N–H and O–H groups in total. The van der Waals surface area contributed by atoms with E-state index in [-0.39, 0.29) is 12.0 Å². The molecule has 0 aromatic heterocycles. The first kappa shape index (κ1) is 16.9. The predicted octanol–water partition coefficient (Wildman–Crippen LogP) is 2.73. The van der Waals surface area contributed by atoms with Crippen molar-refractivity contribution in [3.05, 3.63) is 24.3 Å². The van der Waals surface area contributed by atoms with Crippen molar-refractivity contribution in [2.45, 2.75) is 50.7 Å². The Bertz CT molecular complexity index is 606. The fourth-order valence-corrected chi connectivity index (χ4v) is 4.37. The second-order valence-electron chi connectivity index (χ2n) is 7.57. The van der Waals surface area contributed by atoms with Crippen molar-refractivity contribution in [1.29, 1.82) is 0 Å². The van der Waals surface area contributed by atoms with Crippen molar-refractivity contribution in [3.63, 3.8) is 0 Å².